The predicted octanol–water partition coefficient (Wildman–Crippen LogP) is 10.0. The molecule has 0 saturated heterocycles. The smallest absolute Gasteiger partial charge is 0.460 e. The Labute approximate surface area is 248 Å². The summed E-state index contributed by atoms with van der Waals surface area (Å²) in [7, 11) is 0. The monoisotopic (exact) mass is 826 g/mol. The van der Waals surface area contributed by atoms with Crippen molar-refractivity contribution in [2.24, 2.45) is 0 Å². The highest BCUT2D eigenvalue weighted by Gasteiger charge is 3.00. The minimum Gasteiger partial charge on any atom is -0.478 e. The number of rotatable bonds is 13. The van der Waals surface area contributed by atoms with Crippen molar-refractivity contribution in [3.63, 3.8) is 0 Å². The third kappa shape index (κ3) is 5.59. The van der Waals surface area contributed by atoms with E-state index in [0.717, 1.165) is 0 Å². The summed E-state index contributed by atoms with van der Waals surface area (Å²) >= 11 is 0. The highest BCUT2D eigenvalue weighted by Crippen LogP contribution is 2.68. The van der Waals surface area contributed by atoms with Gasteiger partial charge < -0.3 is 5.11 Å². The topological polar surface area (TPSA) is 37.3 Å². The van der Waals surface area contributed by atoms with Gasteiger partial charge in [0.2, 0.25) is 0 Å². The van der Waals surface area contributed by atoms with E-state index in [-0.39, 0.29) is 0 Å². The van der Waals surface area contributed by atoms with E-state index in [1.807, 2.05) is 0 Å². The Kier molecular flexibility index (Phi) is 10.8. The van der Waals surface area contributed by atoms with Crippen LogP contribution in [0.4, 0.5) is 136 Å². The van der Waals surface area contributed by atoms with Gasteiger partial charge in [0.1, 0.15) is 0 Å². The number of carbonyl (C=O) groups is 1. The second-order valence-corrected chi connectivity index (χ2v) is 8.88. The summed E-state index contributed by atoms with van der Waals surface area (Å²) in [5.74, 6) is -126. The van der Waals surface area contributed by atoms with Crippen molar-refractivity contribution < 1.29 is 146 Å². The highest BCUT2D eigenvalue weighted by atomic mass is 19.4. The lowest BCUT2D eigenvalue weighted by Gasteiger charge is -2.46. The minimum absolute atomic E-state index is 4.30. The number of hydrogen-bond acceptors (Lipinski definition) is 1. The van der Waals surface area contributed by atoms with Crippen LogP contribution < -0.4 is 0 Å². The first-order valence-electron chi connectivity index (χ1n) is 10.3. The van der Waals surface area contributed by atoms with Crippen LogP contribution in [0.15, 0.2) is 11.4 Å². The SMILES string of the molecule is O=C(O)C(=C(F)C(F)(F)C(F)(F)C(F)(F)C(F)(F)C(F)(F)C(F)(F)C(F)(F)C(F)(F)C(F)(F)C(F)(F)C(F)(F)C(F)(F)C(F)(F)F)C(F)(F)F. The number of carboxylic acid groups (broad SMARTS) is 1. The van der Waals surface area contributed by atoms with Gasteiger partial charge in [-0.2, -0.15) is 132 Å². The zero-order valence-corrected chi connectivity index (χ0v) is 21.1. The number of carboxylic acids is 1. The second-order valence-electron chi connectivity index (χ2n) is 8.88. The molecule has 0 fully saturated rings. The predicted molar refractivity (Wildman–Crippen MR) is 87.2 cm³/mol. The summed E-state index contributed by atoms with van der Waals surface area (Å²) in [4.78, 5) is 10.3. The fourth-order valence-electron chi connectivity index (χ4n) is 2.78. The molecular weight excluding hydrogens is 825 g/mol. The molecule has 0 unspecified atom stereocenters. The average Bonchev–Trinajstić information content (AvgIpc) is 2.85. The van der Waals surface area contributed by atoms with Crippen molar-refractivity contribution in [2.45, 2.75) is 83.4 Å². The molecule has 1 N–H and O–H groups in total. The molecule has 0 aromatic carbocycles. The molecule has 0 aliphatic carbocycles. The summed E-state index contributed by atoms with van der Waals surface area (Å²) < 4.78 is 411. The number of allylic oxidation sites excluding steroid dienone is 1. The van der Waals surface area contributed by atoms with Gasteiger partial charge in [-0.1, -0.05) is 0 Å². The lowest BCUT2D eigenvalue weighted by molar-refractivity contribution is -0.484. The van der Waals surface area contributed by atoms with E-state index in [1.54, 1.807) is 0 Å². The van der Waals surface area contributed by atoms with E-state index >= 15 is 0 Å². The normalized spacial score (nSPS) is 17.2. The number of alkyl halides is 30. The highest BCUT2D eigenvalue weighted by molar-refractivity contribution is 5.89. The van der Waals surface area contributed by atoms with Crippen LogP contribution in [-0.4, -0.2) is 94.5 Å². The summed E-state index contributed by atoms with van der Waals surface area (Å²) in [6.07, 6.45) is -15.7. The van der Waals surface area contributed by atoms with Crippen LogP contribution in [0.3, 0.4) is 0 Å². The van der Waals surface area contributed by atoms with E-state index in [9.17, 15) is 141 Å². The maximum absolute atomic E-state index is 13.8. The standard InChI is InChI=1S/C17HF31O2/c18-2(1(3(49)50)5(21,22)23)4(19,20)6(24,25)7(26,27)8(28,29)9(30,31)10(32,33)11(34,35)12(36,37)13(38,39)14(40,41)15(42,43)16(44,45)17(46,47)48/h(H,49,50). The maximum atomic E-state index is 13.8. The molecule has 0 radical (unpaired) electrons. The van der Waals surface area contributed by atoms with Gasteiger partial charge >= 0.3 is 89.4 Å². The molecule has 0 aliphatic rings. The van der Waals surface area contributed by atoms with Crippen LogP contribution in [0.2, 0.25) is 0 Å². The van der Waals surface area contributed by atoms with E-state index < -0.39 is 101 Å². The van der Waals surface area contributed by atoms with Gasteiger partial charge in [0.05, 0.1) is 0 Å². The molecule has 0 heterocycles. The lowest BCUT2D eigenvalue weighted by atomic mass is 9.83. The van der Waals surface area contributed by atoms with Gasteiger partial charge in [0.15, 0.2) is 11.4 Å². The van der Waals surface area contributed by atoms with Crippen molar-refractivity contribution in [2.75, 3.05) is 0 Å². The molecule has 298 valence electrons. The zero-order valence-electron chi connectivity index (χ0n) is 21.1. The molecule has 0 spiro atoms. The molecule has 50 heavy (non-hydrogen) atoms. The van der Waals surface area contributed by atoms with Crippen LogP contribution in [0.1, 0.15) is 0 Å². The quantitative estimate of drug-likeness (QED) is 0.148. The summed E-state index contributed by atoms with van der Waals surface area (Å²) in [5.41, 5.74) is -4.83. The van der Waals surface area contributed by atoms with E-state index in [1.165, 1.54) is 0 Å². The molecule has 0 aromatic rings. The van der Waals surface area contributed by atoms with Crippen molar-refractivity contribution in [3.05, 3.63) is 11.4 Å². The summed E-state index contributed by atoms with van der Waals surface area (Å²) in [5, 5.41) is 7.97. The van der Waals surface area contributed by atoms with Gasteiger partial charge in [-0.3, -0.25) is 0 Å². The van der Waals surface area contributed by atoms with Crippen molar-refractivity contribution >= 4 is 5.97 Å². The molecule has 0 saturated carbocycles. The van der Waals surface area contributed by atoms with Crippen molar-refractivity contribution in [3.8, 4) is 0 Å². The first-order chi connectivity index (χ1) is 21.0. The van der Waals surface area contributed by atoms with E-state index in [2.05, 4.69) is 0 Å². The zero-order chi connectivity index (χ0) is 41.7. The Bertz CT molecular complexity index is 1320. The first kappa shape index (κ1) is 47.0. The van der Waals surface area contributed by atoms with Crippen LogP contribution in [-0.2, 0) is 4.79 Å². The number of hydrogen-bond donors (Lipinski definition) is 1. The molecule has 0 aromatic heterocycles. The van der Waals surface area contributed by atoms with Gasteiger partial charge in [-0.05, 0) is 0 Å². The van der Waals surface area contributed by atoms with Crippen LogP contribution >= 0.6 is 0 Å². The van der Waals surface area contributed by atoms with Gasteiger partial charge in [-0.15, -0.1) is 0 Å². The Morgan fingerprint density at radius 3 is 0.660 bits per heavy atom. The van der Waals surface area contributed by atoms with Gasteiger partial charge in [-0.25, -0.2) is 9.18 Å². The molecule has 0 atom stereocenters. The Balaban J connectivity index is 7.75. The molecular formula is C17HF31O2. The third-order valence-electron chi connectivity index (χ3n) is 5.69. The second kappa shape index (κ2) is 11.5. The molecule has 0 amide bonds. The number of aliphatic carboxylic acids is 1. The van der Waals surface area contributed by atoms with Crippen LogP contribution in [0, 0.1) is 0 Å². The third-order valence-corrected chi connectivity index (χ3v) is 5.69. The van der Waals surface area contributed by atoms with Crippen molar-refractivity contribution in [1.82, 2.24) is 0 Å². The van der Waals surface area contributed by atoms with Crippen LogP contribution in [0.25, 0.3) is 0 Å². The number of halogens is 31. The van der Waals surface area contributed by atoms with Gasteiger partial charge in [0, 0.05) is 0 Å². The molecule has 0 aliphatic heterocycles. The van der Waals surface area contributed by atoms with Crippen molar-refractivity contribution in [1.29, 1.82) is 0 Å². The molecule has 33 heteroatoms. The Morgan fingerprint density at radius 2 is 0.500 bits per heavy atom. The lowest BCUT2D eigenvalue weighted by Crippen LogP contribution is -2.78. The molecule has 2 nitrogen and oxygen atoms in total. The van der Waals surface area contributed by atoms with Crippen LogP contribution in [0.5, 0.6) is 0 Å². The molecule has 0 bridgehead atoms. The average molecular weight is 826 g/mol. The Hall–Kier alpha value is -2.96. The summed E-state index contributed by atoms with van der Waals surface area (Å²) in [6.45, 7) is 0. The minimum atomic E-state index is -10.1. The Morgan fingerprint density at radius 1 is 0.320 bits per heavy atom. The maximum Gasteiger partial charge on any atom is 0.460 e. The fourth-order valence-corrected chi connectivity index (χ4v) is 2.78. The fraction of sp³-hybridized carbons (Fsp3) is 0.824. The van der Waals surface area contributed by atoms with Gasteiger partial charge in [0.25, 0.3) is 0 Å². The summed E-state index contributed by atoms with van der Waals surface area (Å²) in [6, 6.07) is 0. The molecule has 0 rings (SSSR count). The first-order valence-corrected chi connectivity index (χ1v) is 10.3. The van der Waals surface area contributed by atoms with E-state index in [0.29, 0.717) is 0 Å². The largest absolute Gasteiger partial charge is 0.478 e. The van der Waals surface area contributed by atoms with E-state index in [4.69, 9.17) is 5.11 Å².